The van der Waals surface area contributed by atoms with E-state index in [1.807, 2.05) is 18.2 Å². The molecule has 0 N–H and O–H groups in total. The first-order chi connectivity index (χ1) is 7.20. The Labute approximate surface area is 97.9 Å². The quantitative estimate of drug-likeness (QED) is 0.684. The van der Waals surface area contributed by atoms with Gasteiger partial charge in [-0.2, -0.15) is 0 Å². The molecule has 1 spiro atoms. The van der Waals surface area contributed by atoms with Crippen LogP contribution >= 0.6 is 23.2 Å². The van der Waals surface area contributed by atoms with Gasteiger partial charge < -0.3 is 4.74 Å². The molecule has 0 bridgehead atoms. The molecule has 0 unspecified atom stereocenters. The zero-order chi connectivity index (χ0) is 10.5. The lowest BCUT2D eigenvalue weighted by atomic mass is 10.2. The molecule has 1 fully saturated rings. The van der Waals surface area contributed by atoms with Gasteiger partial charge in [0.25, 0.3) is 0 Å². The third kappa shape index (κ3) is 1.52. The Morgan fingerprint density at radius 1 is 1.27 bits per heavy atom. The van der Waals surface area contributed by atoms with Crippen LogP contribution in [0.2, 0.25) is 5.02 Å². The van der Waals surface area contributed by atoms with E-state index < -0.39 is 0 Å². The fraction of sp³-hybridized carbons (Fsp3) is 0.364. The Kier molecular flexibility index (Phi) is 1.98. The Morgan fingerprint density at radius 3 is 2.80 bits per heavy atom. The topological polar surface area (TPSA) is 21.6 Å². The Hall–Kier alpha value is -0.730. The average molecular weight is 242 g/mol. The summed E-state index contributed by atoms with van der Waals surface area (Å²) in [6.45, 7) is 0.636. The van der Waals surface area contributed by atoms with Crippen LogP contribution in [0.25, 0.3) is 0 Å². The van der Waals surface area contributed by atoms with Crippen molar-refractivity contribution < 1.29 is 4.74 Å². The number of fused-ring (bicyclic) bond motifs is 1. The molecule has 1 aromatic carbocycles. The number of halogens is 2. The molecule has 0 aromatic heterocycles. The highest BCUT2D eigenvalue weighted by molar-refractivity contribution is 6.70. The molecule has 3 rings (SSSR count). The minimum Gasteiger partial charge on any atom is -0.483 e. The van der Waals surface area contributed by atoms with Gasteiger partial charge >= 0.3 is 0 Å². The maximum absolute atomic E-state index is 6.10. The molecule has 2 nitrogen and oxygen atoms in total. The van der Waals surface area contributed by atoms with Gasteiger partial charge in [0, 0.05) is 0 Å². The predicted molar refractivity (Wildman–Crippen MR) is 61.3 cm³/mol. The molecular formula is C11H9Cl2NO. The average Bonchev–Trinajstić information content (AvgIpc) is 2.99. The van der Waals surface area contributed by atoms with Crippen molar-refractivity contribution in [3.8, 4) is 5.75 Å². The number of ether oxygens (including phenoxy) is 1. The van der Waals surface area contributed by atoms with Crippen LogP contribution < -0.4 is 4.74 Å². The van der Waals surface area contributed by atoms with Crippen molar-refractivity contribution in [3.63, 3.8) is 0 Å². The molecule has 1 aromatic rings. The highest BCUT2D eigenvalue weighted by atomic mass is 35.5. The first-order valence-electron chi connectivity index (χ1n) is 4.88. The number of para-hydroxylation sites is 1. The monoisotopic (exact) mass is 241 g/mol. The standard InChI is InChI=1S/C11H9Cl2NO/c12-8-3-1-2-7-9(8)15-11(4-5-11)6-14-10(7)13/h1-3H,4-6H2. The van der Waals surface area contributed by atoms with Gasteiger partial charge in [0.2, 0.25) is 0 Å². The molecule has 15 heavy (non-hydrogen) atoms. The summed E-state index contributed by atoms with van der Waals surface area (Å²) in [5.41, 5.74) is 0.670. The number of hydrogen-bond acceptors (Lipinski definition) is 2. The summed E-state index contributed by atoms with van der Waals surface area (Å²) in [5.74, 6) is 0.683. The van der Waals surface area contributed by atoms with E-state index in [1.165, 1.54) is 0 Å². The van der Waals surface area contributed by atoms with Gasteiger partial charge in [0.05, 0.1) is 17.1 Å². The molecule has 4 heteroatoms. The van der Waals surface area contributed by atoms with Crippen LogP contribution in [0.5, 0.6) is 5.75 Å². The van der Waals surface area contributed by atoms with E-state index in [2.05, 4.69) is 4.99 Å². The maximum atomic E-state index is 6.10. The molecule has 0 radical (unpaired) electrons. The Balaban J connectivity index is 2.16. The van der Waals surface area contributed by atoms with Crippen molar-refractivity contribution in [1.29, 1.82) is 0 Å². The minimum atomic E-state index is -0.129. The van der Waals surface area contributed by atoms with E-state index in [1.54, 1.807) is 0 Å². The first kappa shape index (κ1) is 9.49. The zero-order valence-electron chi connectivity index (χ0n) is 7.96. The number of benzene rings is 1. The van der Waals surface area contributed by atoms with E-state index in [0.29, 0.717) is 22.5 Å². The van der Waals surface area contributed by atoms with E-state index in [9.17, 15) is 0 Å². The molecular weight excluding hydrogens is 233 g/mol. The molecule has 2 aliphatic rings. The van der Waals surface area contributed by atoms with Crippen molar-refractivity contribution in [1.82, 2.24) is 0 Å². The normalized spacial score (nSPS) is 21.3. The molecule has 0 atom stereocenters. The van der Waals surface area contributed by atoms with Crippen molar-refractivity contribution in [2.75, 3.05) is 6.54 Å². The molecule has 0 amide bonds. The molecule has 1 aliphatic carbocycles. The summed E-state index contributed by atoms with van der Waals surface area (Å²) >= 11 is 12.2. The largest absolute Gasteiger partial charge is 0.483 e. The van der Waals surface area contributed by atoms with Gasteiger partial charge in [0.15, 0.2) is 0 Å². The second kappa shape index (κ2) is 3.13. The van der Waals surface area contributed by atoms with Crippen LogP contribution in [-0.4, -0.2) is 17.3 Å². The highest BCUT2D eigenvalue weighted by Crippen LogP contribution is 2.45. The van der Waals surface area contributed by atoms with E-state index in [-0.39, 0.29) is 5.60 Å². The number of nitrogens with zero attached hydrogens (tertiary/aromatic N) is 1. The third-order valence-electron chi connectivity index (χ3n) is 2.82. The van der Waals surface area contributed by atoms with E-state index in [0.717, 1.165) is 18.4 Å². The van der Waals surface area contributed by atoms with Gasteiger partial charge in [-0.3, -0.25) is 4.99 Å². The molecule has 1 heterocycles. The van der Waals surface area contributed by atoms with E-state index in [4.69, 9.17) is 27.9 Å². The smallest absolute Gasteiger partial charge is 0.149 e. The van der Waals surface area contributed by atoms with Crippen LogP contribution in [0.15, 0.2) is 23.2 Å². The lowest BCUT2D eigenvalue weighted by Gasteiger charge is -2.15. The maximum Gasteiger partial charge on any atom is 0.149 e. The van der Waals surface area contributed by atoms with Gasteiger partial charge in [-0.25, -0.2) is 0 Å². The lowest BCUT2D eigenvalue weighted by Crippen LogP contribution is -2.21. The zero-order valence-corrected chi connectivity index (χ0v) is 9.48. The van der Waals surface area contributed by atoms with Crippen LogP contribution in [0, 0.1) is 0 Å². The summed E-state index contributed by atoms with van der Waals surface area (Å²) in [4.78, 5) is 4.32. The number of aliphatic imine (C=N–C) groups is 1. The summed E-state index contributed by atoms with van der Waals surface area (Å²) < 4.78 is 5.93. The summed E-state index contributed by atoms with van der Waals surface area (Å²) in [7, 11) is 0. The molecule has 78 valence electrons. The number of hydrogen-bond donors (Lipinski definition) is 0. The van der Waals surface area contributed by atoms with Gasteiger partial charge in [0.1, 0.15) is 16.5 Å². The van der Waals surface area contributed by atoms with Gasteiger partial charge in [-0.05, 0) is 25.0 Å². The van der Waals surface area contributed by atoms with Crippen LogP contribution in [0.1, 0.15) is 18.4 Å². The molecule has 1 aliphatic heterocycles. The van der Waals surface area contributed by atoms with Crippen molar-refractivity contribution in [2.45, 2.75) is 18.4 Å². The van der Waals surface area contributed by atoms with Crippen LogP contribution in [0.3, 0.4) is 0 Å². The molecule has 0 saturated heterocycles. The fourth-order valence-corrected chi connectivity index (χ4v) is 2.14. The highest BCUT2D eigenvalue weighted by Gasteiger charge is 2.47. The van der Waals surface area contributed by atoms with Crippen molar-refractivity contribution >= 4 is 28.4 Å². The van der Waals surface area contributed by atoms with Crippen LogP contribution in [0.4, 0.5) is 0 Å². The SMILES string of the molecule is ClC1=NCC2(CC2)Oc2c(Cl)cccc21. The summed E-state index contributed by atoms with van der Waals surface area (Å²) in [5, 5.41) is 1.10. The third-order valence-corrected chi connectivity index (χ3v) is 3.44. The Morgan fingerprint density at radius 2 is 2.07 bits per heavy atom. The van der Waals surface area contributed by atoms with Crippen LogP contribution in [-0.2, 0) is 0 Å². The summed E-state index contributed by atoms with van der Waals surface area (Å²) in [6.07, 6.45) is 2.07. The van der Waals surface area contributed by atoms with Crippen molar-refractivity contribution in [3.05, 3.63) is 28.8 Å². The predicted octanol–water partition coefficient (Wildman–Crippen LogP) is 3.25. The van der Waals surface area contributed by atoms with Gasteiger partial charge in [-0.15, -0.1) is 0 Å². The fourth-order valence-electron chi connectivity index (χ4n) is 1.72. The summed E-state index contributed by atoms with van der Waals surface area (Å²) in [6, 6.07) is 5.55. The van der Waals surface area contributed by atoms with Crippen molar-refractivity contribution in [2.24, 2.45) is 4.99 Å². The second-order valence-corrected chi connectivity index (χ2v) is 4.77. The first-order valence-corrected chi connectivity index (χ1v) is 5.64. The molecule has 1 saturated carbocycles. The lowest BCUT2D eigenvalue weighted by molar-refractivity contribution is 0.190. The van der Waals surface area contributed by atoms with Gasteiger partial charge in [-0.1, -0.05) is 29.3 Å². The van der Waals surface area contributed by atoms with E-state index >= 15 is 0 Å². The second-order valence-electron chi connectivity index (χ2n) is 4.01. The number of rotatable bonds is 0. The Bertz CT molecular complexity index is 452. The minimum absolute atomic E-state index is 0.129.